The van der Waals surface area contributed by atoms with Gasteiger partial charge < -0.3 is 10.6 Å². The van der Waals surface area contributed by atoms with Gasteiger partial charge in [-0.15, -0.1) is 0 Å². The molecule has 1 amide bonds. The predicted molar refractivity (Wildman–Crippen MR) is 55.8 cm³/mol. The van der Waals surface area contributed by atoms with E-state index in [1.54, 1.807) is 0 Å². The number of nitrogen functional groups attached to an aromatic ring is 1. The Hall–Kier alpha value is -2.60. The van der Waals surface area contributed by atoms with E-state index in [1.807, 2.05) is 12.1 Å². The maximum absolute atomic E-state index is 11.8. The Morgan fingerprint density at radius 3 is 2.56 bits per heavy atom. The van der Waals surface area contributed by atoms with E-state index in [0.717, 1.165) is 4.90 Å². The fraction of sp³-hybridized carbons (Fsp3) is 0.200. The molecule has 0 aromatic carbocycles. The van der Waals surface area contributed by atoms with Crippen LogP contribution >= 0.6 is 0 Å². The van der Waals surface area contributed by atoms with Crippen LogP contribution in [0, 0.1) is 22.7 Å². The molecule has 0 radical (unpaired) electrons. The summed E-state index contributed by atoms with van der Waals surface area (Å²) in [7, 11) is 0. The van der Waals surface area contributed by atoms with Gasteiger partial charge in [0.1, 0.15) is 18.9 Å². The lowest BCUT2D eigenvalue weighted by Crippen LogP contribution is -2.31. The lowest BCUT2D eigenvalue weighted by Gasteiger charge is -2.15. The molecule has 2 N–H and O–H groups in total. The zero-order valence-corrected chi connectivity index (χ0v) is 8.42. The van der Waals surface area contributed by atoms with E-state index in [4.69, 9.17) is 16.3 Å². The number of hydrogen-bond acceptors (Lipinski definition) is 5. The lowest BCUT2D eigenvalue weighted by molar-refractivity contribution is 0.0794. The van der Waals surface area contributed by atoms with E-state index in [0.29, 0.717) is 5.56 Å². The number of carbonyl (C=O) groups excluding carboxylic acids is 1. The van der Waals surface area contributed by atoms with Crippen LogP contribution in [0.25, 0.3) is 0 Å². The molecule has 0 bridgehead atoms. The van der Waals surface area contributed by atoms with Crippen molar-refractivity contribution < 1.29 is 4.79 Å². The van der Waals surface area contributed by atoms with E-state index >= 15 is 0 Å². The summed E-state index contributed by atoms with van der Waals surface area (Å²) in [6.07, 6.45) is 1.40. The van der Waals surface area contributed by atoms with E-state index in [1.165, 1.54) is 18.3 Å². The molecule has 6 heteroatoms. The Morgan fingerprint density at radius 2 is 2.06 bits per heavy atom. The number of pyridine rings is 1. The van der Waals surface area contributed by atoms with Crippen LogP contribution in [0.1, 0.15) is 10.4 Å². The summed E-state index contributed by atoms with van der Waals surface area (Å²) in [5, 5.41) is 17.0. The van der Waals surface area contributed by atoms with Gasteiger partial charge in [-0.3, -0.25) is 4.79 Å². The maximum Gasteiger partial charge on any atom is 0.255 e. The highest BCUT2D eigenvalue weighted by Crippen LogP contribution is 2.06. The molecular formula is C10H9N5O. The topological polar surface area (TPSA) is 107 Å². The first kappa shape index (κ1) is 11.5. The minimum Gasteiger partial charge on any atom is -0.384 e. The zero-order chi connectivity index (χ0) is 12.0. The van der Waals surface area contributed by atoms with Crippen molar-refractivity contribution in [3.63, 3.8) is 0 Å². The van der Waals surface area contributed by atoms with E-state index < -0.39 is 5.91 Å². The monoisotopic (exact) mass is 215 g/mol. The van der Waals surface area contributed by atoms with Gasteiger partial charge in [0, 0.05) is 11.8 Å². The molecule has 0 spiro atoms. The van der Waals surface area contributed by atoms with Gasteiger partial charge >= 0.3 is 0 Å². The summed E-state index contributed by atoms with van der Waals surface area (Å²) in [4.78, 5) is 16.7. The normalized spacial score (nSPS) is 8.88. The highest BCUT2D eigenvalue weighted by Gasteiger charge is 2.15. The molecule has 0 saturated carbocycles. The fourth-order valence-electron chi connectivity index (χ4n) is 1.13. The molecule has 1 rings (SSSR count). The molecule has 1 aromatic rings. The third-order valence-electron chi connectivity index (χ3n) is 1.84. The third kappa shape index (κ3) is 2.69. The van der Waals surface area contributed by atoms with Crippen molar-refractivity contribution in [2.45, 2.75) is 0 Å². The van der Waals surface area contributed by atoms with Crippen LogP contribution in [0.5, 0.6) is 0 Å². The van der Waals surface area contributed by atoms with Crippen LogP contribution in [0.2, 0.25) is 0 Å². The first-order valence-electron chi connectivity index (χ1n) is 4.43. The summed E-state index contributed by atoms with van der Waals surface area (Å²) in [5.74, 6) is -0.183. The third-order valence-corrected chi connectivity index (χ3v) is 1.84. The molecule has 1 aromatic heterocycles. The second-order valence-corrected chi connectivity index (χ2v) is 2.95. The van der Waals surface area contributed by atoms with E-state index in [2.05, 4.69) is 4.98 Å². The molecular weight excluding hydrogens is 206 g/mol. The number of nitrogens with zero attached hydrogens (tertiary/aromatic N) is 4. The summed E-state index contributed by atoms with van der Waals surface area (Å²) >= 11 is 0. The minimum atomic E-state index is -0.405. The first-order chi connectivity index (χ1) is 7.69. The quantitative estimate of drug-likeness (QED) is 0.722. The number of nitriles is 2. The summed E-state index contributed by atoms with van der Waals surface area (Å²) in [6, 6.07) is 6.54. The van der Waals surface area contributed by atoms with Gasteiger partial charge in [0.05, 0.1) is 12.1 Å². The van der Waals surface area contributed by atoms with Gasteiger partial charge in [-0.05, 0) is 12.1 Å². The number of nitrogens with two attached hydrogens (primary N) is 1. The standard InChI is InChI=1S/C10H9N5O/c11-2-5-15(6-3-12)10(16)8-1-4-14-9(13)7-8/h1,4,7H,5-6H2,(H2,13,14). The van der Waals surface area contributed by atoms with Crippen LogP contribution in [-0.4, -0.2) is 28.9 Å². The summed E-state index contributed by atoms with van der Waals surface area (Å²) < 4.78 is 0. The number of hydrogen-bond donors (Lipinski definition) is 1. The number of amides is 1. The second-order valence-electron chi connectivity index (χ2n) is 2.95. The predicted octanol–water partition coefficient (Wildman–Crippen LogP) is 0.153. The Morgan fingerprint density at radius 1 is 1.44 bits per heavy atom. The Bertz CT molecular complexity index is 455. The maximum atomic E-state index is 11.8. The Balaban J connectivity index is 2.91. The van der Waals surface area contributed by atoms with Crippen molar-refractivity contribution in [1.82, 2.24) is 9.88 Å². The average Bonchev–Trinajstić information content (AvgIpc) is 2.28. The van der Waals surface area contributed by atoms with Gasteiger partial charge in [0.25, 0.3) is 5.91 Å². The molecule has 0 fully saturated rings. The van der Waals surface area contributed by atoms with Crippen molar-refractivity contribution in [3.05, 3.63) is 23.9 Å². The highest BCUT2D eigenvalue weighted by atomic mass is 16.2. The van der Waals surface area contributed by atoms with Crippen molar-refractivity contribution in [2.24, 2.45) is 0 Å². The Labute approximate surface area is 92.5 Å². The Kier molecular flexibility index (Phi) is 3.82. The van der Waals surface area contributed by atoms with Crippen molar-refractivity contribution in [1.29, 1.82) is 10.5 Å². The summed E-state index contributed by atoms with van der Waals surface area (Å²) in [5.41, 5.74) is 5.75. The van der Waals surface area contributed by atoms with Crippen LogP contribution in [0.4, 0.5) is 5.82 Å². The smallest absolute Gasteiger partial charge is 0.255 e. The number of carbonyl (C=O) groups is 1. The molecule has 0 saturated heterocycles. The molecule has 0 atom stereocenters. The molecule has 0 unspecified atom stereocenters. The van der Waals surface area contributed by atoms with Gasteiger partial charge in [0.15, 0.2) is 0 Å². The second kappa shape index (κ2) is 5.32. The molecule has 80 valence electrons. The van der Waals surface area contributed by atoms with Gasteiger partial charge in [0.2, 0.25) is 0 Å². The van der Waals surface area contributed by atoms with Gasteiger partial charge in [-0.1, -0.05) is 0 Å². The van der Waals surface area contributed by atoms with E-state index in [9.17, 15) is 4.79 Å². The highest BCUT2D eigenvalue weighted by molar-refractivity contribution is 5.95. The largest absolute Gasteiger partial charge is 0.384 e. The number of aromatic nitrogens is 1. The number of anilines is 1. The molecule has 0 aliphatic rings. The molecule has 0 aliphatic heterocycles. The SMILES string of the molecule is N#CCN(CC#N)C(=O)c1ccnc(N)c1. The first-order valence-corrected chi connectivity index (χ1v) is 4.43. The molecule has 6 nitrogen and oxygen atoms in total. The minimum absolute atomic E-state index is 0.130. The molecule has 16 heavy (non-hydrogen) atoms. The molecule has 0 aliphatic carbocycles. The van der Waals surface area contributed by atoms with Crippen molar-refractivity contribution in [2.75, 3.05) is 18.8 Å². The van der Waals surface area contributed by atoms with Gasteiger partial charge in [-0.25, -0.2) is 4.98 Å². The number of rotatable bonds is 3. The van der Waals surface area contributed by atoms with E-state index in [-0.39, 0.29) is 18.9 Å². The van der Waals surface area contributed by atoms with Crippen molar-refractivity contribution >= 4 is 11.7 Å². The van der Waals surface area contributed by atoms with Gasteiger partial charge in [-0.2, -0.15) is 10.5 Å². The summed E-state index contributed by atoms with van der Waals surface area (Å²) in [6.45, 7) is -0.261. The van der Waals surface area contributed by atoms with Crippen molar-refractivity contribution in [3.8, 4) is 12.1 Å². The van der Waals surface area contributed by atoms with Crippen LogP contribution in [0.15, 0.2) is 18.3 Å². The van der Waals surface area contributed by atoms with Crippen LogP contribution in [0.3, 0.4) is 0 Å². The molecule has 1 heterocycles. The zero-order valence-electron chi connectivity index (χ0n) is 8.42. The average molecular weight is 215 g/mol. The fourth-order valence-corrected chi connectivity index (χ4v) is 1.13. The van der Waals surface area contributed by atoms with Crippen LogP contribution in [-0.2, 0) is 0 Å². The van der Waals surface area contributed by atoms with Crippen LogP contribution < -0.4 is 5.73 Å². The lowest BCUT2D eigenvalue weighted by atomic mass is 10.2.